The first-order valence-electron chi connectivity index (χ1n) is 7.28. The van der Waals surface area contributed by atoms with Crippen LogP contribution in [-0.2, 0) is 16.0 Å². The summed E-state index contributed by atoms with van der Waals surface area (Å²) in [5, 5.41) is 12.2. The van der Waals surface area contributed by atoms with E-state index in [0.717, 1.165) is 14.7 Å². The van der Waals surface area contributed by atoms with Gasteiger partial charge in [-0.05, 0) is 53.6 Å². The number of anilines is 1. The normalized spacial score (nSPS) is 11.7. The second-order valence-electron chi connectivity index (χ2n) is 5.46. The molecule has 0 heterocycles. The second kappa shape index (κ2) is 8.10. The maximum atomic E-state index is 12.1. The van der Waals surface area contributed by atoms with E-state index in [1.807, 2.05) is 49.4 Å². The van der Waals surface area contributed by atoms with Crippen LogP contribution in [0.2, 0.25) is 0 Å². The summed E-state index contributed by atoms with van der Waals surface area (Å²) in [7, 11) is 0. The number of carbonyl (C=O) groups is 2. The number of nitrogens with one attached hydrogen (secondary N) is 1. The quantitative estimate of drug-likeness (QED) is 0.694. The molecule has 2 aromatic carbocycles. The van der Waals surface area contributed by atoms with E-state index in [9.17, 15) is 14.7 Å². The Morgan fingerprint density at radius 2 is 1.78 bits per heavy atom. The van der Waals surface area contributed by atoms with Crippen LogP contribution in [0.1, 0.15) is 17.5 Å². The van der Waals surface area contributed by atoms with Crippen LogP contribution in [0.4, 0.5) is 5.69 Å². The van der Waals surface area contributed by atoms with Crippen molar-refractivity contribution >= 4 is 40.2 Å². The van der Waals surface area contributed by atoms with Gasteiger partial charge in [0, 0.05) is 9.99 Å². The molecule has 0 radical (unpaired) electrons. The van der Waals surface area contributed by atoms with E-state index in [-0.39, 0.29) is 12.3 Å². The molecule has 2 N–H and O–H groups in total. The van der Waals surface area contributed by atoms with Gasteiger partial charge in [0.15, 0.2) is 0 Å². The third kappa shape index (κ3) is 5.35. The highest BCUT2D eigenvalue weighted by Crippen LogP contribution is 2.19. The summed E-state index contributed by atoms with van der Waals surface area (Å²) in [6, 6.07) is 15.1. The molecule has 5 heteroatoms. The molecule has 0 saturated heterocycles. The molecule has 120 valence electrons. The lowest BCUT2D eigenvalue weighted by Crippen LogP contribution is -2.24. The maximum absolute atomic E-state index is 12.1. The molecule has 0 saturated carbocycles. The Bertz CT molecular complexity index is 698. The van der Waals surface area contributed by atoms with Crippen molar-refractivity contribution in [3.8, 4) is 0 Å². The molecule has 2 rings (SSSR count). The van der Waals surface area contributed by atoms with Crippen LogP contribution < -0.4 is 5.32 Å². The van der Waals surface area contributed by atoms with Crippen molar-refractivity contribution in [1.82, 2.24) is 0 Å². The molecule has 0 aliphatic rings. The van der Waals surface area contributed by atoms with Gasteiger partial charge in [-0.25, -0.2) is 0 Å². The number of amides is 1. The minimum absolute atomic E-state index is 0.0474. The molecule has 0 fully saturated rings. The predicted octanol–water partition coefficient (Wildman–Crippen LogP) is 3.87. The monoisotopic (exact) mass is 423 g/mol. The zero-order chi connectivity index (χ0) is 16.8. The standard InChI is InChI=1S/C18H18INO3/c1-12-6-8-13(9-7-12)10-14(18(22)23)11-17(21)20-16-5-3-2-4-15(16)19/h2-9,14H,10-11H2,1H3,(H,20,21)(H,22,23)/t14-/m1/s1. The maximum Gasteiger partial charge on any atom is 0.307 e. The summed E-state index contributed by atoms with van der Waals surface area (Å²) >= 11 is 2.13. The van der Waals surface area contributed by atoms with Crippen molar-refractivity contribution in [2.45, 2.75) is 19.8 Å². The minimum Gasteiger partial charge on any atom is -0.481 e. The van der Waals surface area contributed by atoms with E-state index in [2.05, 4.69) is 27.9 Å². The molecule has 0 bridgehead atoms. The van der Waals surface area contributed by atoms with E-state index < -0.39 is 11.9 Å². The second-order valence-corrected chi connectivity index (χ2v) is 6.62. The first-order chi connectivity index (χ1) is 11.0. The van der Waals surface area contributed by atoms with Crippen molar-refractivity contribution in [2.75, 3.05) is 5.32 Å². The Morgan fingerprint density at radius 1 is 1.13 bits per heavy atom. The van der Waals surface area contributed by atoms with Gasteiger partial charge in [0.1, 0.15) is 0 Å². The summed E-state index contributed by atoms with van der Waals surface area (Å²) < 4.78 is 0.920. The zero-order valence-corrected chi connectivity index (χ0v) is 14.9. The Labute approximate surface area is 149 Å². The van der Waals surface area contributed by atoms with E-state index >= 15 is 0 Å². The molecular weight excluding hydrogens is 405 g/mol. The van der Waals surface area contributed by atoms with Gasteiger partial charge in [-0.1, -0.05) is 42.0 Å². The van der Waals surface area contributed by atoms with Crippen molar-refractivity contribution in [3.05, 3.63) is 63.2 Å². The van der Waals surface area contributed by atoms with Crippen LogP contribution in [0.3, 0.4) is 0 Å². The largest absolute Gasteiger partial charge is 0.481 e. The summed E-state index contributed by atoms with van der Waals surface area (Å²) in [6.45, 7) is 1.98. The summed E-state index contributed by atoms with van der Waals surface area (Å²) in [5.74, 6) is -1.98. The van der Waals surface area contributed by atoms with Crippen LogP contribution in [0.25, 0.3) is 0 Å². The number of hydrogen-bond acceptors (Lipinski definition) is 2. The van der Waals surface area contributed by atoms with Gasteiger partial charge in [-0.15, -0.1) is 0 Å². The number of carbonyl (C=O) groups excluding carboxylic acids is 1. The first-order valence-corrected chi connectivity index (χ1v) is 8.36. The molecule has 0 spiro atoms. The number of aliphatic carboxylic acids is 1. The molecule has 1 atom stereocenters. The summed E-state index contributed by atoms with van der Waals surface area (Å²) in [5.41, 5.74) is 2.75. The van der Waals surface area contributed by atoms with Crippen LogP contribution in [-0.4, -0.2) is 17.0 Å². The lowest BCUT2D eigenvalue weighted by atomic mass is 9.95. The molecule has 0 unspecified atom stereocenters. The Kier molecular flexibility index (Phi) is 6.15. The molecule has 2 aromatic rings. The number of para-hydroxylation sites is 1. The fourth-order valence-electron chi connectivity index (χ4n) is 2.24. The lowest BCUT2D eigenvalue weighted by molar-refractivity contribution is -0.143. The highest BCUT2D eigenvalue weighted by molar-refractivity contribution is 14.1. The van der Waals surface area contributed by atoms with Gasteiger partial charge in [-0.3, -0.25) is 9.59 Å². The van der Waals surface area contributed by atoms with Gasteiger partial charge in [0.2, 0.25) is 5.91 Å². The minimum atomic E-state index is -0.955. The lowest BCUT2D eigenvalue weighted by Gasteiger charge is -2.13. The van der Waals surface area contributed by atoms with Crippen LogP contribution >= 0.6 is 22.6 Å². The Balaban J connectivity index is 2.01. The third-order valence-electron chi connectivity index (χ3n) is 3.53. The highest BCUT2D eigenvalue weighted by Gasteiger charge is 2.22. The van der Waals surface area contributed by atoms with E-state index in [1.165, 1.54) is 0 Å². The molecule has 0 aliphatic heterocycles. The third-order valence-corrected chi connectivity index (χ3v) is 4.47. The van der Waals surface area contributed by atoms with Crippen molar-refractivity contribution in [3.63, 3.8) is 0 Å². The van der Waals surface area contributed by atoms with Gasteiger partial charge < -0.3 is 10.4 Å². The number of hydrogen-bond donors (Lipinski definition) is 2. The Morgan fingerprint density at radius 3 is 2.39 bits per heavy atom. The van der Waals surface area contributed by atoms with Crippen molar-refractivity contribution in [2.24, 2.45) is 5.92 Å². The number of benzene rings is 2. The van der Waals surface area contributed by atoms with Gasteiger partial charge in [0.05, 0.1) is 11.6 Å². The topological polar surface area (TPSA) is 66.4 Å². The zero-order valence-electron chi connectivity index (χ0n) is 12.8. The van der Waals surface area contributed by atoms with Crippen molar-refractivity contribution < 1.29 is 14.7 Å². The number of carboxylic acids is 1. The van der Waals surface area contributed by atoms with Gasteiger partial charge in [-0.2, -0.15) is 0 Å². The fourth-order valence-corrected chi connectivity index (χ4v) is 2.77. The summed E-state index contributed by atoms with van der Waals surface area (Å²) in [6.07, 6.45) is 0.295. The molecule has 4 nitrogen and oxygen atoms in total. The number of aryl methyl sites for hydroxylation is 1. The number of halogens is 1. The summed E-state index contributed by atoms with van der Waals surface area (Å²) in [4.78, 5) is 23.6. The number of rotatable bonds is 6. The average molecular weight is 423 g/mol. The van der Waals surface area contributed by atoms with E-state index in [1.54, 1.807) is 6.07 Å². The highest BCUT2D eigenvalue weighted by atomic mass is 127. The SMILES string of the molecule is Cc1ccc(C[C@H](CC(=O)Nc2ccccc2I)C(=O)O)cc1. The van der Waals surface area contributed by atoms with E-state index in [4.69, 9.17) is 0 Å². The molecule has 0 aliphatic carbocycles. The Hall–Kier alpha value is -1.89. The fraction of sp³-hybridized carbons (Fsp3) is 0.222. The molecule has 0 aromatic heterocycles. The van der Waals surface area contributed by atoms with Gasteiger partial charge in [0.25, 0.3) is 0 Å². The van der Waals surface area contributed by atoms with Crippen molar-refractivity contribution in [1.29, 1.82) is 0 Å². The number of carboxylic acid groups (broad SMARTS) is 1. The van der Waals surface area contributed by atoms with Crippen LogP contribution in [0, 0.1) is 16.4 Å². The average Bonchev–Trinajstić information content (AvgIpc) is 2.51. The van der Waals surface area contributed by atoms with Gasteiger partial charge >= 0.3 is 5.97 Å². The smallest absolute Gasteiger partial charge is 0.307 e. The van der Waals surface area contributed by atoms with E-state index in [0.29, 0.717) is 12.1 Å². The molecular formula is C18H18INO3. The molecule has 23 heavy (non-hydrogen) atoms. The van der Waals surface area contributed by atoms with Crippen LogP contribution in [0.15, 0.2) is 48.5 Å². The molecule has 1 amide bonds. The first kappa shape index (κ1) is 17.5. The van der Waals surface area contributed by atoms with Crippen LogP contribution in [0.5, 0.6) is 0 Å². The predicted molar refractivity (Wildman–Crippen MR) is 98.4 cm³/mol.